The summed E-state index contributed by atoms with van der Waals surface area (Å²) in [6.07, 6.45) is 0.678. The Morgan fingerprint density at radius 1 is 1.09 bits per heavy atom. The molecule has 0 spiro atoms. The molecule has 0 amide bonds. The lowest BCUT2D eigenvalue weighted by Gasteiger charge is -2.49. The van der Waals surface area contributed by atoms with Crippen molar-refractivity contribution >= 4 is 0 Å². The predicted molar refractivity (Wildman–Crippen MR) is 45.5 cm³/mol. The number of piperazine rings is 3. The summed E-state index contributed by atoms with van der Waals surface area (Å²) in [6, 6.07) is 0. The van der Waals surface area contributed by atoms with E-state index in [0.29, 0.717) is 6.17 Å². The Hall–Kier alpha value is -0.120. The van der Waals surface area contributed by atoms with Crippen molar-refractivity contribution in [3.63, 3.8) is 0 Å². The van der Waals surface area contributed by atoms with Crippen LogP contribution >= 0.6 is 0 Å². The molecule has 3 heteroatoms. The van der Waals surface area contributed by atoms with Gasteiger partial charge in [-0.1, -0.05) is 0 Å². The average molecular weight is 155 g/mol. The first-order valence-electron chi connectivity index (χ1n) is 4.40. The molecule has 1 unspecified atom stereocenters. The van der Waals surface area contributed by atoms with E-state index in [4.69, 9.17) is 0 Å². The Bertz CT molecular complexity index is 138. The number of hydrogen-bond acceptors (Lipinski definition) is 3. The molecule has 3 fully saturated rings. The molecule has 64 valence electrons. The second-order valence-electron chi connectivity index (χ2n) is 3.78. The molecule has 1 atom stereocenters. The van der Waals surface area contributed by atoms with Crippen molar-refractivity contribution in [3.8, 4) is 0 Å². The molecule has 3 aliphatic rings. The average Bonchev–Trinajstić information content (AvgIpc) is 2.06. The van der Waals surface area contributed by atoms with Crippen molar-refractivity contribution in [3.05, 3.63) is 0 Å². The molecular formula is C8H17N3. The van der Waals surface area contributed by atoms with Crippen molar-refractivity contribution in [2.24, 2.45) is 0 Å². The minimum Gasteiger partial charge on any atom is -0.298 e. The summed E-state index contributed by atoms with van der Waals surface area (Å²) in [5.74, 6) is 0. The highest BCUT2D eigenvalue weighted by Gasteiger charge is 2.32. The zero-order chi connectivity index (χ0) is 7.84. The van der Waals surface area contributed by atoms with Crippen LogP contribution in [0.1, 0.15) is 0 Å². The summed E-state index contributed by atoms with van der Waals surface area (Å²) < 4.78 is 0. The van der Waals surface area contributed by atoms with Crippen LogP contribution in [-0.4, -0.2) is 67.7 Å². The second kappa shape index (κ2) is 2.73. The molecule has 0 aromatic carbocycles. The minimum absolute atomic E-state index is 0.678. The van der Waals surface area contributed by atoms with Gasteiger partial charge in [0.2, 0.25) is 0 Å². The van der Waals surface area contributed by atoms with E-state index >= 15 is 0 Å². The molecular weight excluding hydrogens is 138 g/mol. The number of likely N-dealkylation sites (N-methyl/N-ethyl adjacent to an activating group) is 1. The van der Waals surface area contributed by atoms with Crippen molar-refractivity contribution < 1.29 is 0 Å². The molecule has 3 heterocycles. The Balaban J connectivity index is 2.03. The van der Waals surface area contributed by atoms with Crippen LogP contribution < -0.4 is 0 Å². The van der Waals surface area contributed by atoms with Gasteiger partial charge in [-0.3, -0.25) is 14.7 Å². The first-order chi connectivity index (χ1) is 5.27. The van der Waals surface area contributed by atoms with Gasteiger partial charge >= 0.3 is 0 Å². The number of hydrogen-bond donors (Lipinski definition) is 0. The summed E-state index contributed by atoms with van der Waals surface area (Å²) in [5.41, 5.74) is 0. The second-order valence-corrected chi connectivity index (χ2v) is 3.78. The maximum Gasteiger partial charge on any atom is 0.0749 e. The Morgan fingerprint density at radius 2 is 1.73 bits per heavy atom. The van der Waals surface area contributed by atoms with E-state index < -0.39 is 0 Å². The van der Waals surface area contributed by atoms with Gasteiger partial charge in [0.25, 0.3) is 0 Å². The van der Waals surface area contributed by atoms with Crippen molar-refractivity contribution in [2.75, 3.05) is 46.8 Å². The normalized spacial score (nSPS) is 43.4. The van der Waals surface area contributed by atoms with Crippen LogP contribution in [0, 0.1) is 0 Å². The number of fused-ring (bicyclic) bond motifs is 3. The lowest BCUT2D eigenvalue weighted by atomic mass is 10.2. The zero-order valence-electron chi connectivity index (χ0n) is 7.45. The van der Waals surface area contributed by atoms with Gasteiger partial charge in [-0.25, -0.2) is 0 Å². The van der Waals surface area contributed by atoms with E-state index in [2.05, 4.69) is 28.8 Å². The minimum atomic E-state index is 0.678. The van der Waals surface area contributed by atoms with Gasteiger partial charge in [-0.05, 0) is 14.1 Å². The molecule has 11 heavy (non-hydrogen) atoms. The fraction of sp³-hybridized carbons (Fsp3) is 1.00. The van der Waals surface area contributed by atoms with Gasteiger partial charge in [0, 0.05) is 32.7 Å². The molecule has 2 bridgehead atoms. The topological polar surface area (TPSA) is 9.72 Å². The molecule has 3 nitrogen and oxygen atoms in total. The lowest BCUT2D eigenvalue weighted by molar-refractivity contribution is -0.0459. The van der Waals surface area contributed by atoms with Gasteiger partial charge in [0.15, 0.2) is 0 Å². The van der Waals surface area contributed by atoms with Crippen molar-refractivity contribution in [2.45, 2.75) is 6.17 Å². The zero-order valence-corrected chi connectivity index (χ0v) is 7.45. The molecule has 0 saturated carbocycles. The van der Waals surface area contributed by atoms with E-state index in [1.807, 2.05) is 0 Å². The van der Waals surface area contributed by atoms with Crippen molar-refractivity contribution in [1.29, 1.82) is 0 Å². The first-order valence-corrected chi connectivity index (χ1v) is 4.40. The van der Waals surface area contributed by atoms with E-state index in [1.54, 1.807) is 0 Å². The monoisotopic (exact) mass is 155 g/mol. The molecule has 0 radical (unpaired) electrons. The predicted octanol–water partition coefficient (Wildman–Crippen LogP) is -0.495. The first kappa shape index (κ1) is 7.53. The standard InChI is InChI=1S/C8H17N3/c1-9(2)8-7-10-3-5-11(8)6-4-10/h8H,3-7H2,1-2H3. The third-order valence-electron chi connectivity index (χ3n) is 2.85. The summed E-state index contributed by atoms with van der Waals surface area (Å²) in [4.78, 5) is 7.47. The van der Waals surface area contributed by atoms with Crippen LogP contribution in [0.5, 0.6) is 0 Å². The molecule has 0 aromatic heterocycles. The van der Waals surface area contributed by atoms with Crippen molar-refractivity contribution in [1.82, 2.24) is 14.7 Å². The summed E-state index contributed by atoms with van der Waals surface area (Å²) in [5, 5.41) is 0. The molecule has 3 rings (SSSR count). The third-order valence-corrected chi connectivity index (χ3v) is 2.85. The van der Waals surface area contributed by atoms with Crippen LogP contribution in [0.4, 0.5) is 0 Å². The highest BCUT2D eigenvalue weighted by atomic mass is 15.4. The number of rotatable bonds is 1. The Morgan fingerprint density at radius 3 is 2.00 bits per heavy atom. The maximum absolute atomic E-state index is 2.58. The smallest absolute Gasteiger partial charge is 0.0749 e. The van der Waals surface area contributed by atoms with Gasteiger partial charge in [0.1, 0.15) is 0 Å². The fourth-order valence-electron chi connectivity index (χ4n) is 2.08. The summed E-state index contributed by atoms with van der Waals surface area (Å²) in [6.45, 7) is 6.34. The van der Waals surface area contributed by atoms with Crippen LogP contribution in [0.3, 0.4) is 0 Å². The largest absolute Gasteiger partial charge is 0.298 e. The Labute approximate surface area is 68.6 Å². The highest BCUT2D eigenvalue weighted by molar-refractivity contribution is 4.86. The van der Waals surface area contributed by atoms with E-state index in [-0.39, 0.29) is 0 Å². The molecule has 0 aliphatic carbocycles. The van der Waals surface area contributed by atoms with Crippen LogP contribution in [0.25, 0.3) is 0 Å². The van der Waals surface area contributed by atoms with Gasteiger partial charge in [-0.15, -0.1) is 0 Å². The Kier molecular flexibility index (Phi) is 1.87. The number of nitrogens with zero attached hydrogens (tertiary/aromatic N) is 3. The highest BCUT2D eigenvalue weighted by Crippen LogP contribution is 2.16. The van der Waals surface area contributed by atoms with E-state index in [0.717, 1.165) is 0 Å². The molecule has 3 saturated heterocycles. The van der Waals surface area contributed by atoms with Crippen LogP contribution in [0.15, 0.2) is 0 Å². The third kappa shape index (κ3) is 1.28. The van der Waals surface area contributed by atoms with E-state index in [1.165, 1.54) is 32.7 Å². The quantitative estimate of drug-likeness (QED) is 0.506. The fourth-order valence-corrected chi connectivity index (χ4v) is 2.08. The lowest BCUT2D eigenvalue weighted by Crippen LogP contribution is -2.64. The van der Waals surface area contributed by atoms with E-state index in [9.17, 15) is 0 Å². The van der Waals surface area contributed by atoms with Gasteiger partial charge < -0.3 is 0 Å². The SMILES string of the molecule is CN(C)C1CN2CCN1CC2. The summed E-state index contributed by atoms with van der Waals surface area (Å²) >= 11 is 0. The summed E-state index contributed by atoms with van der Waals surface area (Å²) in [7, 11) is 4.35. The van der Waals surface area contributed by atoms with Crippen LogP contribution in [0.2, 0.25) is 0 Å². The molecule has 3 aliphatic heterocycles. The van der Waals surface area contributed by atoms with Gasteiger partial charge in [-0.2, -0.15) is 0 Å². The molecule has 0 N–H and O–H groups in total. The molecule has 0 aromatic rings. The maximum atomic E-state index is 2.58. The van der Waals surface area contributed by atoms with Crippen LogP contribution in [-0.2, 0) is 0 Å². The van der Waals surface area contributed by atoms with Gasteiger partial charge in [0.05, 0.1) is 6.17 Å².